The lowest BCUT2D eigenvalue weighted by Gasteiger charge is -2.30. The molecule has 37 heavy (non-hydrogen) atoms. The summed E-state index contributed by atoms with van der Waals surface area (Å²) in [6.07, 6.45) is 6.12. The second-order valence-corrected chi connectivity index (χ2v) is 12.8. The summed E-state index contributed by atoms with van der Waals surface area (Å²) >= 11 is 0. The van der Waals surface area contributed by atoms with Crippen LogP contribution in [0.4, 0.5) is 5.69 Å². The Morgan fingerprint density at radius 1 is 1.19 bits per heavy atom. The fraction of sp³-hybridized carbons (Fsp3) is 0.577. The van der Waals surface area contributed by atoms with Gasteiger partial charge < -0.3 is 20.8 Å². The van der Waals surface area contributed by atoms with E-state index >= 15 is 0 Å². The number of carbonyl (C=O) groups is 2. The van der Waals surface area contributed by atoms with Gasteiger partial charge in [0.25, 0.3) is 5.91 Å². The number of ketones is 1. The highest BCUT2D eigenvalue weighted by atomic mass is 31.2. The van der Waals surface area contributed by atoms with E-state index in [1.165, 1.54) is 12.8 Å². The molecule has 0 radical (unpaired) electrons. The quantitative estimate of drug-likeness (QED) is 0.374. The Hall–Kier alpha value is -2.52. The van der Waals surface area contributed by atoms with E-state index in [-0.39, 0.29) is 17.2 Å². The number of hydrogen-bond acceptors (Lipinski definition) is 6. The predicted octanol–water partition coefficient (Wildman–Crippen LogP) is 3.91. The van der Waals surface area contributed by atoms with Crippen LogP contribution in [0, 0.1) is 11.3 Å². The van der Waals surface area contributed by atoms with Gasteiger partial charge in [0.05, 0.1) is 34.3 Å². The SMILES string of the molecule is CC1(C)CC(=O)c2c(CC3CC3)nn(-c3ccc(C(N)=O)c(N[C@H]4CC[C@H](OP(=O)(O)O)CC4)c3)c2C1. The third-order valence-corrected chi connectivity index (χ3v) is 8.20. The first kappa shape index (κ1) is 26.1. The molecular formula is C26H35N4O6P. The number of nitrogens with two attached hydrogens (primary N) is 1. The zero-order chi connectivity index (χ0) is 26.5. The molecule has 5 rings (SSSR count). The fourth-order valence-corrected chi connectivity index (χ4v) is 6.30. The van der Waals surface area contributed by atoms with Crippen molar-refractivity contribution in [3.05, 3.63) is 40.7 Å². The molecule has 1 amide bonds. The number of carbonyl (C=O) groups excluding carboxylic acids is 2. The number of anilines is 1. The van der Waals surface area contributed by atoms with Gasteiger partial charge in [-0.3, -0.25) is 14.1 Å². The Morgan fingerprint density at radius 3 is 2.51 bits per heavy atom. The lowest BCUT2D eigenvalue weighted by atomic mass is 9.75. The highest BCUT2D eigenvalue weighted by Gasteiger charge is 2.38. The van der Waals surface area contributed by atoms with Gasteiger partial charge in [-0.25, -0.2) is 9.25 Å². The number of aromatic nitrogens is 2. The number of phosphoric acid groups is 1. The van der Waals surface area contributed by atoms with E-state index in [1.54, 1.807) is 6.07 Å². The summed E-state index contributed by atoms with van der Waals surface area (Å²) in [7, 11) is -4.52. The van der Waals surface area contributed by atoms with E-state index in [0.717, 1.165) is 35.5 Å². The lowest BCUT2D eigenvalue weighted by molar-refractivity contribution is 0.0908. The summed E-state index contributed by atoms with van der Waals surface area (Å²) in [4.78, 5) is 43.6. The number of phosphoric ester groups is 1. The molecule has 5 N–H and O–H groups in total. The van der Waals surface area contributed by atoms with Gasteiger partial charge in [0.2, 0.25) is 0 Å². The van der Waals surface area contributed by atoms with Crippen LogP contribution in [0.3, 0.4) is 0 Å². The normalized spacial score (nSPS) is 23.5. The number of rotatable bonds is 8. The van der Waals surface area contributed by atoms with Gasteiger partial charge in [0, 0.05) is 18.2 Å². The van der Waals surface area contributed by atoms with Gasteiger partial charge in [-0.15, -0.1) is 0 Å². The van der Waals surface area contributed by atoms with Crippen LogP contribution in [0.25, 0.3) is 5.69 Å². The first-order valence-corrected chi connectivity index (χ1v) is 14.5. The van der Waals surface area contributed by atoms with E-state index < -0.39 is 19.8 Å². The van der Waals surface area contributed by atoms with Crippen molar-refractivity contribution in [3.63, 3.8) is 0 Å². The maximum Gasteiger partial charge on any atom is 0.469 e. The summed E-state index contributed by atoms with van der Waals surface area (Å²) in [6.45, 7) is 4.20. The number of nitrogens with zero attached hydrogens (tertiary/aromatic N) is 2. The highest BCUT2D eigenvalue weighted by Crippen LogP contribution is 2.42. The first-order chi connectivity index (χ1) is 17.4. The molecule has 0 unspecified atom stereocenters. The molecule has 3 aliphatic carbocycles. The van der Waals surface area contributed by atoms with Gasteiger partial charge in [0.15, 0.2) is 5.78 Å². The van der Waals surface area contributed by atoms with Crippen LogP contribution in [-0.4, -0.2) is 43.4 Å². The zero-order valence-corrected chi connectivity index (χ0v) is 22.2. The number of nitrogens with one attached hydrogen (secondary N) is 1. The Bertz CT molecular complexity index is 1270. The van der Waals surface area contributed by atoms with Gasteiger partial charge >= 0.3 is 7.82 Å². The minimum absolute atomic E-state index is 0.0116. The molecule has 0 atom stereocenters. The van der Waals surface area contributed by atoms with Crippen molar-refractivity contribution in [2.24, 2.45) is 17.1 Å². The maximum absolute atomic E-state index is 13.2. The van der Waals surface area contributed by atoms with Gasteiger partial charge in [0.1, 0.15) is 0 Å². The molecule has 1 aromatic carbocycles. The predicted molar refractivity (Wildman–Crippen MR) is 138 cm³/mol. The van der Waals surface area contributed by atoms with E-state index in [1.807, 2.05) is 16.8 Å². The van der Waals surface area contributed by atoms with Crippen molar-refractivity contribution < 1.29 is 28.5 Å². The molecule has 0 aliphatic heterocycles. The average Bonchev–Trinajstić information content (AvgIpc) is 3.53. The van der Waals surface area contributed by atoms with Crippen molar-refractivity contribution in [3.8, 4) is 5.69 Å². The van der Waals surface area contributed by atoms with E-state index in [0.29, 0.717) is 49.3 Å². The molecule has 0 saturated heterocycles. The summed E-state index contributed by atoms with van der Waals surface area (Å²) in [6, 6.07) is 5.35. The Balaban J connectivity index is 1.44. The van der Waals surface area contributed by atoms with E-state index in [2.05, 4.69) is 19.2 Å². The van der Waals surface area contributed by atoms with Gasteiger partial charge in [-0.2, -0.15) is 5.10 Å². The molecule has 11 heteroatoms. The van der Waals surface area contributed by atoms with Gasteiger partial charge in [-0.1, -0.05) is 13.8 Å². The minimum Gasteiger partial charge on any atom is -0.382 e. The fourth-order valence-electron chi connectivity index (χ4n) is 5.70. The molecule has 200 valence electrons. The van der Waals surface area contributed by atoms with Crippen molar-refractivity contribution in [1.82, 2.24) is 9.78 Å². The third kappa shape index (κ3) is 5.98. The molecular weight excluding hydrogens is 495 g/mol. The van der Waals surface area contributed by atoms with E-state index in [4.69, 9.17) is 25.1 Å². The lowest BCUT2D eigenvalue weighted by Crippen LogP contribution is -2.30. The molecule has 2 fully saturated rings. The largest absolute Gasteiger partial charge is 0.469 e. The number of benzene rings is 1. The van der Waals surface area contributed by atoms with Crippen LogP contribution in [0.2, 0.25) is 0 Å². The minimum atomic E-state index is -4.52. The number of fused-ring (bicyclic) bond motifs is 1. The Kier molecular flexibility index (Phi) is 6.81. The second-order valence-electron chi connectivity index (χ2n) is 11.6. The second kappa shape index (κ2) is 9.66. The standard InChI is InChI=1S/C26H35N4O6P/c1-26(2)13-22-24(23(31)14-26)21(11-15-3-4-15)29-30(22)17-7-10-19(25(27)32)20(12-17)28-16-5-8-18(9-6-16)36-37(33,34)35/h7,10,12,15-16,18,28H,3-6,8-9,11,13-14H2,1-2H3,(H2,27,32)(H2,33,34,35)/t16-,18-. The van der Waals surface area contributed by atoms with E-state index in [9.17, 15) is 14.2 Å². The number of hydrogen-bond donors (Lipinski definition) is 4. The summed E-state index contributed by atoms with van der Waals surface area (Å²) in [5, 5.41) is 8.35. The Morgan fingerprint density at radius 2 is 1.89 bits per heavy atom. The van der Waals surface area contributed by atoms with Crippen LogP contribution >= 0.6 is 7.82 Å². The smallest absolute Gasteiger partial charge is 0.382 e. The van der Waals surface area contributed by atoms with Crippen LogP contribution in [-0.2, 0) is 21.9 Å². The van der Waals surface area contributed by atoms with Crippen LogP contribution in [0.1, 0.15) is 90.9 Å². The summed E-state index contributed by atoms with van der Waals surface area (Å²) < 4.78 is 17.9. The first-order valence-electron chi connectivity index (χ1n) is 13.0. The van der Waals surface area contributed by atoms with Crippen LogP contribution < -0.4 is 11.1 Å². The van der Waals surface area contributed by atoms with Crippen molar-refractivity contribution in [2.45, 2.75) is 83.8 Å². The average molecular weight is 531 g/mol. The van der Waals surface area contributed by atoms with Crippen LogP contribution in [0.5, 0.6) is 0 Å². The third-order valence-electron chi connectivity index (χ3n) is 7.63. The van der Waals surface area contributed by atoms with Gasteiger partial charge in [-0.05, 0) is 80.9 Å². The molecule has 1 heterocycles. The summed E-state index contributed by atoms with van der Waals surface area (Å²) in [5.74, 6) is 0.185. The number of Topliss-reactive ketones (excluding diaryl/α,β-unsaturated/α-hetero) is 1. The molecule has 10 nitrogen and oxygen atoms in total. The summed E-state index contributed by atoms with van der Waals surface area (Å²) in [5.41, 5.74) is 9.77. The number of primary amides is 1. The van der Waals surface area contributed by atoms with Crippen molar-refractivity contribution in [1.29, 1.82) is 0 Å². The molecule has 0 spiro atoms. The monoisotopic (exact) mass is 530 g/mol. The molecule has 2 saturated carbocycles. The van der Waals surface area contributed by atoms with Crippen molar-refractivity contribution in [2.75, 3.05) is 5.32 Å². The van der Waals surface area contributed by atoms with Crippen LogP contribution in [0.15, 0.2) is 18.2 Å². The molecule has 2 aromatic rings. The maximum atomic E-state index is 13.2. The number of amides is 1. The zero-order valence-electron chi connectivity index (χ0n) is 21.3. The highest BCUT2D eigenvalue weighted by molar-refractivity contribution is 7.46. The molecule has 1 aromatic heterocycles. The van der Waals surface area contributed by atoms with Crippen molar-refractivity contribution >= 4 is 25.2 Å². The topological polar surface area (TPSA) is 157 Å². The molecule has 0 bridgehead atoms. The molecule has 3 aliphatic rings. The Labute approximate surface area is 216 Å².